The fraction of sp³-hybridized carbons (Fsp3) is 0.750. The molecule has 0 spiro atoms. The normalized spacial score (nSPS) is 12.7. The van der Waals surface area contributed by atoms with Crippen LogP contribution in [0.3, 0.4) is 0 Å². The molecule has 0 unspecified atom stereocenters. The van der Waals surface area contributed by atoms with Crippen LogP contribution in [0.1, 0.15) is 27.7 Å². The predicted octanol–water partition coefficient (Wildman–Crippen LogP) is 1.41. The van der Waals surface area contributed by atoms with Crippen molar-refractivity contribution < 1.29 is 9.90 Å². The SMILES string of the molecule is CC(C)(C(=O)O)C(C)(C)C(N)=S. The van der Waals surface area contributed by atoms with E-state index >= 15 is 0 Å². The van der Waals surface area contributed by atoms with Gasteiger partial charge >= 0.3 is 5.97 Å². The summed E-state index contributed by atoms with van der Waals surface area (Å²) in [6.45, 7) is 6.72. The second-order valence-electron chi connectivity index (χ2n) is 3.92. The van der Waals surface area contributed by atoms with Crippen LogP contribution in [-0.4, -0.2) is 16.1 Å². The van der Waals surface area contributed by atoms with E-state index < -0.39 is 16.8 Å². The van der Waals surface area contributed by atoms with Crippen LogP contribution >= 0.6 is 12.2 Å². The topological polar surface area (TPSA) is 63.3 Å². The van der Waals surface area contributed by atoms with Gasteiger partial charge in [-0.3, -0.25) is 4.79 Å². The largest absolute Gasteiger partial charge is 0.481 e. The highest BCUT2D eigenvalue weighted by Gasteiger charge is 2.45. The first-order chi connectivity index (χ1) is 5.14. The summed E-state index contributed by atoms with van der Waals surface area (Å²) in [5.41, 5.74) is 3.86. The minimum atomic E-state index is -0.932. The third-order valence-corrected chi connectivity index (χ3v) is 3.22. The summed E-state index contributed by atoms with van der Waals surface area (Å²) in [6, 6.07) is 0. The van der Waals surface area contributed by atoms with Crippen LogP contribution in [0.25, 0.3) is 0 Å². The maximum atomic E-state index is 10.9. The fourth-order valence-corrected chi connectivity index (χ4v) is 0.830. The van der Waals surface area contributed by atoms with Gasteiger partial charge in [0.05, 0.1) is 10.4 Å². The predicted molar refractivity (Wildman–Crippen MR) is 52.0 cm³/mol. The van der Waals surface area contributed by atoms with Gasteiger partial charge in [0, 0.05) is 5.41 Å². The molecule has 0 amide bonds. The molecule has 70 valence electrons. The van der Waals surface area contributed by atoms with Crippen LogP contribution in [-0.2, 0) is 4.79 Å². The van der Waals surface area contributed by atoms with Crippen molar-refractivity contribution in [1.29, 1.82) is 0 Å². The molecule has 0 radical (unpaired) electrons. The number of carbonyl (C=O) groups is 1. The number of carboxylic acid groups (broad SMARTS) is 1. The Bertz CT molecular complexity index is 197. The number of rotatable bonds is 3. The van der Waals surface area contributed by atoms with Crippen molar-refractivity contribution in [3.8, 4) is 0 Å². The van der Waals surface area contributed by atoms with Gasteiger partial charge in [0.25, 0.3) is 0 Å². The molecule has 3 N–H and O–H groups in total. The first-order valence-electron chi connectivity index (χ1n) is 3.67. The van der Waals surface area contributed by atoms with Gasteiger partial charge in [-0.2, -0.15) is 0 Å². The number of nitrogens with two attached hydrogens (primary N) is 1. The van der Waals surface area contributed by atoms with Crippen LogP contribution in [0.5, 0.6) is 0 Å². The summed E-state index contributed by atoms with van der Waals surface area (Å²) in [6.07, 6.45) is 0. The van der Waals surface area contributed by atoms with Gasteiger partial charge in [-0.1, -0.05) is 26.1 Å². The van der Waals surface area contributed by atoms with Crippen LogP contribution in [0.15, 0.2) is 0 Å². The van der Waals surface area contributed by atoms with E-state index in [4.69, 9.17) is 23.1 Å². The smallest absolute Gasteiger partial charge is 0.310 e. The van der Waals surface area contributed by atoms with Crippen molar-refractivity contribution in [2.45, 2.75) is 27.7 Å². The minimum absolute atomic E-state index is 0.231. The molecule has 0 atom stereocenters. The summed E-state index contributed by atoms with van der Waals surface area (Å²) in [5, 5.41) is 8.91. The molecule has 0 aliphatic heterocycles. The molecule has 0 fully saturated rings. The van der Waals surface area contributed by atoms with Crippen LogP contribution in [0.2, 0.25) is 0 Å². The molecule has 3 nitrogen and oxygen atoms in total. The number of thiocarbonyl (C=S) groups is 1. The molecule has 0 bridgehead atoms. The van der Waals surface area contributed by atoms with Gasteiger partial charge in [0.2, 0.25) is 0 Å². The third kappa shape index (κ3) is 1.58. The summed E-state index contributed by atoms with van der Waals surface area (Å²) >= 11 is 4.81. The lowest BCUT2D eigenvalue weighted by molar-refractivity contribution is -0.151. The number of carboxylic acids is 1. The molecule has 0 saturated heterocycles. The highest BCUT2D eigenvalue weighted by atomic mass is 32.1. The Labute approximate surface area is 77.9 Å². The maximum absolute atomic E-state index is 10.9. The van der Waals surface area contributed by atoms with E-state index in [1.54, 1.807) is 27.7 Å². The van der Waals surface area contributed by atoms with Gasteiger partial charge in [0.1, 0.15) is 0 Å². The Balaban J connectivity index is 5.01. The van der Waals surface area contributed by atoms with Gasteiger partial charge in [0.15, 0.2) is 0 Å². The molecule has 0 heterocycles. The van der Waals surface area contributed by atoms with Crippen molar-refractivity contribution in [1.82, 2.24) is 0 Å². The molecule has 4 heteroatoms. The summed E-state index contributed by atoms with van der Waals surface area (Å²) < 4.78 is 0. The summed E-state index contributed by atoms with van der Waals surface area (Å²) in [5.74, 6) is -0.889. The first kappa shape index (κ1) is 11.4. The van der Waals surface area contributed by atoms with Gasteiger partial charge in [-0.05, 0) is 13.8 Å². The lowest BCUT2D eigenvalue weighted by atomic mass is 9.68. The maximum Gasteiger partial charge on any atom is 0.310 e. The van der Waals surface area contributed by atoms with Crippen molar-refractivity contribution in [2.24, 2.45) is 16.6 Å². The molecule has 0 aromatic heterocycles. The second-order valence-corrected chi connectivity index (χ2v) is 4.36. The molecule has 0 aliphatic carbocycles. The molecular weight excluding hydrogens is 174 g/mol. The number of hydrogen-bond donors (Lipinski definition) is 2. The molecular formula is C8H15NO2S. The average Bonchev–Trinajstić information content (AvgIpc) is 1.86. The summed E-state index contributed by atoms with van der Waals surface area (Å²) in [7, 11) is 0. The molecule has 0 saturated carbocycles. The quantitative estimate of drug-likeness (QED) is 0.659. The number of hydrogen-bond acceptors (Lipinski definition) is 2. The lowest BCUT2D eigenvalue weighted by Gasteiger charge is -2.36. The zero-order chi connectivity index (χ0) is 10.2. The highest BCUT2D eigenvalue weighted by Crippen LogP contribution is 2.38. The number of aliphatic carboxylic acids is 1. The molecule has 0 aliphatic rings. The molecule has 0 aromatic rings. The van der Waals surface area contributed by atoms with E-state index in [0.29, 0.717) is 0 Å². The van der Waals surface area contributed by atoms with E-state index in [0.717, 1.165) is 0 Å². The van der Waals surface area contributed by atoms with Gasteiger partial charge in [-0.25, -0.2) is 0 Å². The highest BCUT2D eigenvalue weighted by molar-refractivity contribution is 7.80. The van der Waals surface area contributed by atoms with E-state index in [2.05, 4.69) is 0 Å². The van der Waals surface area contributed by atoms with Crippen LogP contribution < -0.4 is 5.73 Å². The molecule has 0 aromatic carbocycles. The average molecular weight is 189 g/mol. The fourth-order valence-electron chi connectivity index (χ4n) is 0.575. The zero-order valence-electron chi connectivity index (χ0n) is 7.84. The molecule has 12 heavy (non-hydrogen) atoms. The Kier molecular flexibility index (Phi) is 2.85. The van der Waals surface area contributed by atoms with Crippen LogP contribution in [0, 0.1) is 10.8 Å². The van der Waals surface area contributed by atoms with E-state index in [1.807, 2.05) is 0 Å². The second kappa shape index (κ2) is 3.01. The van der Waals surface area contributed by atoms with Crippen LogP contribution in [0.4, 0.5) is 0 Å². The monoisotopic (exact) mass is 189 g/mol. The van der Waals surface area contributed by atoms with Crippen molar-refractivity contribution in [3.05, 3.63) is 0 Å². The Morgan fingerprint density at radius 1 is 1.25 bits per heavy atom. The third-order valence-electron chi connectivity index (χ3n) is 2.71. The van der Waals surface area contributed by atoms with E-state index in [-0.39, 0.29) is 4.99 Å². The lowest BCUT2D eigenvalue weighted by Crippen LogP contribution is -2.47. The van der Waals surface area contributed by atoms with Gasteiger partial charge < -0.3 is 10.8 Å². The first-order valence-corrected chi connectivity index (χ1v) is 4.08. The molecule has 0 rings (SSSR count). The Hall–Kier alpha value is -0.640. The van der Waals surface area contributed by atoms with E-state index in [1.165, 1.54) is 0 Å². The van der Waals surface area contributed by atoms with Gasteiger partial charge in [-0.15, -0.1) is 0 Å². The van der Waals surface area contributed by atoms with Crippen molar-refractivity contribution in [3.63, 3.8) is 0 Å². The van der Waals surface area contributed by atoms with E-state index in [9.17, 15) is 4.79 Å². The van der Waals surface area contributed by atoms with Crippen molar-refractivity contribution >= 4 is 23.2 Å². The zero-order valence-corrected chi connectivity index (χ0v) is 8.66. The van der Waals surface area contributed by atoms with Crippen molar-refractivity contribution in [2.75, 3.05) is 0 Å². The Morgan fingerprint density at radius 3 is 1.67 bits per heavy atom. The standard InChI is InChI=1S/C8H15NO2S/c1-7(2,5(9)12)8(3,4)6(10)11/h1-4H3,(H2,9,12)(H,10,11). The summed E-state index contributed by atoms with van der Waals surface area (Å²) in [4.78, 5) is 11.1. The Morgan fingerprint density at radius 2 is 1.58 bits per heavy atom. The minimum Gasteiger partial charge on any atom is -0.481 e.